The molecule has 1 saturated heterocycles. The number of thiophene rings is 1. The normalized spacial score (nSPS) is 26.2. The minimum atomic E-state index is -1.41. The van der Waals surface area contributed by atoms with Crippen LogP contribution in [0.2, 0.25) is 0 Å². The Hall–Kier alpha value is -2.94. The molecule has 2 amide bonds. The number of aliphatic carboxylic acids is 1. The van der Waals surface area contributed by atoms with Crippen LogP contribution in [0.15, 0.2) is 33.3 Å². The number of amides is 2. The lowest BCUT2D eigenvalue weighted by molar-refractivity contribution is -0.924. The van der Waals surface area contributed by atoms with E-state index in [1.807, 2.05) is 0 Å². The van der Waals surface area contributed by atoms with Gasteiger partial charge in [-0.1, -0.05) is 5.16 Å². The second-order valence-corrected chi connectivity index (χ2v) is 11.6. The monoisotopic (exact) mass is 520 g/mol. The van der Waals surface area contributed by atoms with Crippen LogP contribution in [-0.2, 0) is 27.5 Å². The minimum Gasteiger partial charge on any atom is -0.543 e. The average molecular weight is 521 g/mol. The molecule has 0 aliphatic carbocycles. The minimum absolute atomic E-state index is 0.0797. The van der Waals surface area contributed by atoms with Crippen molar-refractivity contribution in [3.05, 3.63) is 44.2 Å². The molecule has 34 heavy (non-hydrogen) atoms. The molecule has 1 fully saturated rings. The number of β-lactam (4-membered cyclic amide) rings is 1. The van der Waals surface area contributed by atoms with Crippen molar-refractivity contribution in [1.29, 1.82) is 0 Å². The van der Waals surface area contributed by atoms with Crippen LogP contribution in [0.5, 0.6) is 0 Å². The van der Waals surface area contributed by atoms with Gasteiger partial charge >= 0.3 is 0 Å². The van der Waals surface area contributed by atoms with Gasteiger partial charge in [0.15, 0.2) is 10.8 Å². The van der Waals surface area contributed by atoms with Gasteiger partial charge in [0.05, 0.1) is 23.6 Å². The molecular formula is C20H20N6O5S3. The summed E-state index contributed by atoms with van der Waals surface area (Å²) in [6, 6.07) is 1.13. The van der Waals surface area contributed by atoms with E-state index in [0.717, 1.165) is 24.4 Å². The van der Waals surface area contributed by atoms with Gasteiger partial charge in [-0.05, 0) is 11.4 Å². The van der Waals surface area contributed by atoms with Gasteiger partial charge in [0.2, 0.25) is 0 Å². The van der Waals surface area contributed by atoms with Crippen molar-refractivity contribution in [3.8, 4) is 0 Å². The molecule has 5 heterocycles. The fraction of sp³-hybridized carbons (Fsp3) is 0.350. The quantitative estimate of drug-likeness (QED) is 0.151. The number of oxime groups is 1. The maximum absolute atomic E-state index is 12.9. The van der Waals surface area contributed by atoms with E-state index in [1.54, 1.807) is 11.3 Å². The topological polar surface area (TPSA) is 161 Å². The zero-order valence-electron chi connectivity index (χ0n) is 17.9. The molecule has 2 aromatic heterocycles. The summed E-state index contributed by atoms with van der Waals surface area (Å²) >= 11 is 4.15. The molecule has 3 aliphatic heterocycles. The fourth-order valence-electron chi connectivity index (χ4n) is 4.65. The second kappa shape index (κ2) is 8.37. The molecule has 0 spiro atoms. The highest BCUT2D eigenvalue weighted by atomic mass is 32.2. The highest BCUT2D eigenvalue weighted by Gasteiger charge is 2.54. The number of carbonyl (C=O) groups is 3. The molecule has 0 aromatic carbocycles. The lowest BCUT2D eigenvalue weighted by Crippen LogP contribution is -2.71. The molecule has 11 nitrogen and oxygen atoms in total. The van der Waals surface area contributed by atoms with Crippen molar-refractivity contribution in [3.63, 3.8) is 0 Å². The largest absolute Gasteiger partial charge is 0.543 e. The molecule has 14 heteroatoms. The van der Waals surface area contributed by atoms with E-state index in [4.69, 9.17) is 5.73 Å². The number of rotatable bonds is 6. The average Bonchev–Trinajstić information content (AvgIpc) is 3.47. The Kier molecular flexibility index (Phi) is 5.62. The van der Waals surface area contributed by atoms with E-state index >= 15 is 0 Å². The van der Waals surface area contributed by atoms with Crippen molar-refractivity contribution in [2.75, 3.05) is 25.1 Å². The molecular weight excluding hydrogens is 500 g/mol. The summed E-state index contributed by atoms with van der Waals surface area (Å²) in [4.78, 5) is 44.1. The zero-order chi connectivity index (χ0) is 24.2. The molecule has 0 bridgehead atoms. The number of fused-ring (bicyclic) bond motifs is 2. The first-order valence-corrected chi connectivity index (χ1v) is 13.0. The summed E-state index contributed by atoms with van der Waals surface area (Å²) in [5, 5.41) is 30.0. The van der Waals surface area contributed by atoms with E-state index in [1.165, 1.54) is 32.5 Å². The molecule has 0 radical (unpaired) electrons. The molecule has 0 saturated carbocycles. The predicted molar refractivity (Wildman–Crippen MR) is 125 cm³/mol. The Bertz CT molecular complexity index is 1250. The predicted octanol–water partition coefficient (Wildman–Crippen LogP) is -0.471. The summed E-state index contributed by atoms with van der Waals surface area (Å²) in [6.07, 6.45) is 0. The maximum Gasteiger partial charge on any atom is 0.276 e. The smallest absolute Gasteiger partial charge is 0.276 e. The van der Waals surface area contributed by atoms with Crippen LogP contribution in [0.3, 0.4) is 0 Å². The van der Waals surface area contributed by atoms with Gasteiger partial charge in [-0.15, -0.1) is 34.4 Å². The molecule has 178 valence electrons. The molecule has 4 N–H and O–H groups in total. The molecule has 2 aromatic rings. The second-order valence-electron chi connectivity index (χ2n) is 8.58. The number of thiazole rings is 1. The maximum atomic E-state index is 12.9. The van der Waals surface area contributed by atoms with E-state index in [2.05, 4.69) is 34.0 Å². The summed E-state index contributed by atoms with van der Waals surface area (Å²) in [5.41, 5.74) is 7.08. The Labute approximate surface area is 206 Å². The Balaban J connectivity index is 1.33. The SMILES string of the molecule is C[N+]1(CC2=C(C(=O)[O-])N3C(=O)[C@@H](NC(=O)/C(=N\O)c4csc(N)n4)[C@@H]3SC2)Cc2ccsc2C1. The van der Waals surface area contributed by atoms with Gasteiger partial charge in [0.1, 0.15) is 36.7 Å². The summed E-state index contributed by atoms with van der Waals surface area (Å²) in [7, 11) is 2.07. The number of nitrogen functional groups attached to an aromatic ring is 1. The number of nitrogens with one attached hydrogen (secondary N) is 1. The van der Waals surface area contributed by atoms with Gasteiger partial charge in [-0.3, -0.25) is 14.5 Å². The number of quaternary nitrogens is 1. The van der Waals surface area contributed by atoms with E-state index in [0.29, 0.717) is 22.4 Å². The number of hydrogen-bond acceptors (Lipinski definition) is 11. The Morgan fingerprint density at radius 2 is 2.21 bits per heavy atom. The van der Waals surface area contributed by atoms with Crippen LogP contribution in [0.25, 0.3) is 0 Å². The lowest BCUT2D eigenvalue weighted by Gasteiger charge is -2.51. The van der Waals surface area contributed by atoms with E-state index in [9.17, 15) is 24.7 Å². The van der Waals surface area contributed by atoms with Crippen LogP contribution in [0.4, 0.5) is 5.13 Å². The summed E-state index contributed by atoms with van der Waals surface area (Å²) in [6.45, 7) is 2.09. The molecule has 1 unspecified atom stereocenters. The number of nitrogens with two attached hydrogens (primary N) is 1. The van der Waals surface area contributed by atoms with Gasteiger partial charge in [-0.2, -0.15) is 0 Å². The van der Waals surface area contributed by atoms with Crippen LogP contribution >= 0.6 is 34.4 Å². The number of carbonyl (C=O) groups excluding carboxylic acids is 3. The summed E-state index contributed by atoms with van der Waals surface area (Å²) in [5.74, 6) is -2.37. The molecule has 3 atom stereocenters. The highest BCUT2D eigenvalue weighted by molar-refractivity contribution is 8.00. The third kappa shape index (κ3) is 3.76. The molecule has 3 aliphatic rings. The first-order chi connectivity index (χ1) is 16.2. The van der Waals surface area contributed by atoms with Crippen molar-refractivity contribution in [2.45, 2.75) is 24.5 Å². The number of hydrogen-bond donors (Lipinski definition) is 3. The molecule has 5 rings (SSSR count). The van der Waals surface area contributed by atoms with Crippen LogP contribution in [0.1, 0.15) is 16.1 Å². The number of carboxylic acid groups (broad SMARTS) is 1. The highest BCUT2D eigenvalue weighted by Crippen LogP contribution is 2.42. The third-order valence-corrected chi connectivity index (χ3v) is 9.06. The Morgan fingerprint density at radius 1 is 1.41 bits per heavy atom. The van der Waals surface area contributed by atoms with Gasteiger partial charge in [-0.25, -0.2) is 4.98 Å². The standard InChI is InChI=1S/C20H20N6O5S3/c1-26(4-9-2-3-32-12(9)6-26)5-10-7-33-18-14(17(28)25(18)15(10)19(29)30)23-16(27)13(24-31)11-8-34-20(21)22-11/h2-3,8,14,18H,4-7H2,1H3,(H4-,21,22,23,27,29,30,31)/t14-,18+,26?/m1/s1. The fourth-order valence-corrected chi connectivity index (χ4v) is 7.59. The number of carboxylic acids is 1. The summed E-state index contributed by atoms with van der Waals surface area (Å²) < 4.78 is 0.634. The number of nitrogens with zero attached hydrogens (tertiary/aromatic N) is 4. The zero-order valence-corrected chi connectivity index (χ0v) is 20.3. The van der Waals surface area contributed by atoms with Crippen molar-refractivity contribution in [2.24, 2.45) is 5.16 Å². The number of thioether (sulfide) groups is 1. The van der Waals surface area contributed by atoms with Crippen LogP contribution in [0, 0.1) is 0 Å². The van der Waals surface area contributed by atoms with Gasteiger partial charge in [0.25, 0.3) is 11.8 Å². The lowest BCUT2D eigenvalue weighted by atomic mass is 10.0. The Morgan fingerprint density at radius 3 is 2.85 bits per heavy atom. The van der Waals surface area contributed by atoms with E-state index in [-0.39, 0.29) is 22.2 Å². The number of anilines is 1. The van der Waals surface area contributed by atoms with Gasteiger partial charge < -0.3 is 30.6 Å². The van der Waals surface area contributed by atoms with Gasteiger partial charge in [0, 0.05) is 22.3 Å². The number of aromatic nitrogens is 1. The van der Waals surface area contributed by atoms with Crippen molar-refractivity contribution >= 4 is 63.1 Å². The third-order valence-electron chi connectivity index (χ3n) is 6.09. The first-order valence-electron chi connectivity index (χ1n) is 10.2. The van der Waals surface area contributed by atoms with Crippen molar-refractivity contribution in [1.82, 2.24) is 15.2 Å². The van der Waals surface area contributed by atoms with Crippen molar-refractivity contribution < 1.29 is 29.2 Å². The first kappa shape index (κ1) is 22.8. The van der Waals surface area contributed by atoms with E-state index < -0.39 is 29.2 Å². The number of likely N-dealkylation sites (N-methyl/N-ethyl adjacent to an activating group) is 1. The van der Waals surface area contributed by atoms with Crippen LogP contribution in [-0.4, -0.2) is 73.8 Å². The van der Waals surface area contributed by atoms with Crippen LogP contribution < -0.4 is 16.2 Å².